The smallest absolute Gasteiger partial charge is 0.317 e. The monoisotopic (exact) mass is 332 g/mol. The van der Waals surface area contributed by atoms with E-state index < -0.39 is 5.97 Å². The fourth-order valence-corrected chi connectivity index (χ4v) is 3.16. The molecule has 2 N–H and O–H groups in total. The Labute approximate surface area is 139 Å². The molecular weight excluding hydrogens is 312 g/mol. The van der Waals surface area contributed by atoms with E-state index in [0.717, 1.165) is 11.4 Å². The van der Waals surface area contributed by atoms with Crippen LogP contribution in [0.15, 0.2) is 18.3 Å². The number of carboxylic acids is 1. The standard InChI is InChI=1S/C16H20N4O4/c21-14-2-1-12(16(24)18-14)11-3-4-17-13(9-11)20-7-5-19(6-8-20)10-15(22)23/h3-4,9,12H,1-2,5-8,10H2,(H,22,23)(H,18,21,24)/t12-/m1/s1. The van der Waals surface area contributed by atoms with E-state index in [9.17, 15) is 14.4 Å². The van der Waals surface area contributed by atoms with Crippen LogP contribution in [0.4, 0.5) is 5.82 Å². The second-order valence-electron chi connectivity index (χ2n) is 6.11. The Balaban J connectivity index is 1.67. The first kappa shape index (κ1) is 16.4. The lowest BCUT2D eigenvalue weighted by Gasteiger charge is -2.34. The van der Waals surface area contributed by atoms with Crippen LogP contribution in [-0.4, -0.2) is 65.5 Å². The van der Waals surface area contributed by atoms with Crippen molar-refractivity contribution >= 4 is 23.6 Å². The van der Waals surface area contributed by atoms with Crippen molar-refractivity contribution in [1.82, 2.24) is 15.2 Å². The Morgan fingerprint density at radius 1 is 1.29 bits per heavy atom. The van der Waals surface area contributed by atoms with Gasteiger partial charge in [-0.1, -0.05) is 0 Å². The minimum Gasteiger partial charge on any atom is -0.480 e. The summed E-state index contributed by atoms with van der Waals surface area (Å²) in [5, 5.41) is 11.2. The minimum atomic E-state index is -0.818. The molecule has 1 aromatic rings. The van der Waals surface area contributed by atoms with Crippen LogP contribution in [0.25, 0.3) is 0 Å². The number of anilines is 1. The van der Waals surface area contributed by atoms with E-state index in [1.54, 1.807) is 6.20 Å². The number of piperazine rings is 1. The first-order valence-corrected chi connectivity index (χ1v) is 8.01. The molecule has 8 heteroatoms. The van der Waals surface area contributed by atoms with Crippen molar-refractivity contribution in [2.24, 2.45) is 0 Å². The number of amides is 2. The zero-order chi connectivity index (χ0) is 17.1. The quantitative estimate of drug-likeness (QED) is 0.737. The Bertz CT molecular complexity index is 655. The summed E-state index contributed by atoms with van der Waals surface area (Å²) in [4.78, 5) is 42.4. The highest BCUT2D eigenvalue weighted by atomic mass is 16.4. The van der Waals surface area contributed by atoms with Crippen LogP contribution in [-0.2, 0) is 14.4 Å². The van der Waals surface area contributed by atoms with E-state index >= 15 is 0 Å². The molecule has 0 spiro atoms. The van der Waals surface area contributed by atoms with Gasteiger partial charge in [0.2, 0.25) is 11.8 Å². The number of hydrogen-bond donors (Lipinski definition) is 2. The lowest BCUT2D eigenvalue weighted by atomic mass is 9.91. The van der Waals surface area contributed by atoms with Crippen molar-refractivity contribution in [3.63, 3.8) is 0 Å². The van der Waals surface area contributed by atoms with Crippen LogP contribution >= 0.6 is 0 Å². The Morgan fingerprint density at radius 2 is 2.04 bits per heavy atom. The van der Waals surface area contributed by atoms with Gasteiger partial charge in [-0.25, -0.2) is 4.98 Å². The summed E-state index contributed by atoms with van der Waals surface area (Å²) in [5.41, 5.74) is 0.859. The first-order chi connectivity index (χ1) is 11.5. The number of nitrogens with zero attached hydrogens (tertiary/aromatic N) is 3. The van der Waals surface area contributed by atoms with Crippen molar-refractivity contribution in [2.75, 3.05) is 37.6 Å². The predicted molar refractivity (Wildman–Crippen MR) is 85.7 cm³/mol. The van der Waals surface area contributed by atoms with Gasteiger partial charge in [-0.3, -0.25) is 24.6 Å². The summed E-state index contributed by atoms with van der Waals surface area (Å²) in [7, 11) is 0. The highest BCUT2D eigenvalue weighted by Crippen LogP contribution is 2.27. The Kier molecular flexibility index (Phi) is 4.75. The molecule has 0 unspecified atom stereocenters. The lowest BCUT2D eigenvalue weighted by molar-refractivity contribution is -0.138. The van der Waals surface area contributed by atoms with Crippen molar-refractivity contribution < 1.29 is 19.5 Å². The van der Waals surface area contributed by atoms with Crippen molar-refractivity contribution in [3.05, 3.63) is 23.9 Å². The van der Waals surface area contributed by atoms with Gasteiger partial charge >= 0.3 is 5.97 Å². The van der Waals surface area contributed by atoms with Crippen LogP contribution in [0.2, 0.25) is 0 Å². The second-order valence-corrected chi connectivity index (χ2v) is 6.11. The van der Waals surface area contributed by atoms with Crippen molar-refractivity contribution in [2.45, 2.75) is 18.8 Å². The van der Waals surface area contributed by atoms with Crippen LogP contribution in [0, 0.1) is 0 Å². The molecule has 2 saturated heterocycles. The summed E-state index contributed by atoms with van der Waals surface area (Å²) in [6.45, 7) is 2.77. The summed E-state index contributed by atoms with van der Waals surface area (Å²) in [5.74, 6) is -0.832. The van der Waals surface area contributed by atoms with E-state index in [1.165, 1.54) is 0 Å². The Hall–Kier alpha value is -2.48. The summed E-state index contributed by atoms with van der Waals surface area (Å²) < 4.78 is 0. The number of imide groups is 1. The molecule has 0 aromatic carbocycles. The van der Waals surface area contributed by atoms with E-state index in [4.69, 9.17) is 5.11 Å². The van der Waals surface area contributed by atoms with Crippen LogP contribution in [0.3, 0.4) is 0 Å². The number of aliphatic carboxylic acids is 1. The number of nitrogens with one attached hydrogen (secondary N) is 1. The van der Waals surface area contributed by atoms with Crippen LogP contribution in [0.5, 0.6) is 0 Å². The molecular formula is C16H20N4O4. The molecule has 128 valence electrons. The molecule has 0 saturated carbocycles. The molecule has 8 nitrogen and oxygen atoms in total. The topological polar surface area (TPSA) is 103 Å². The third kappa shape index (κ3) is 3.70. The molecule has 0 radical (unpaired) electrons. The van der Waals surface area contributed by atoms with Gasteiger partial charge < -0.3 is 10.0 Å². The second kappa shape index (κ2) is 6.96. The third-order valence-electron chi connectivity index (χ3n) is 4.47. The summed E-state index contributed by atoms with van der Waals surface area (Å²) in [6, 6.07) is 3.71. The molecule has 3 rings (SSSR count). The van der Waals surface area contributed by atoms with Crippen LogP contribution < -0.4 is 10.2 Å². The van der Waals surface area contributed by atoms with Crippen molar-refractivity contribution in [1.29, 1.82) is 0 Å². The van der Waals surface area contributed by atoms with Gasteiger partial charge in [-0.05, 0) is 24.1 Å². The van der Waals surface area contributed by atoms with E-state index in [1.807, 2.05) is 17.0 Å². The molecule has 2 aliphatic heterocycles. The third-order valence-corrected chi connectivity index (χ3v) is 4.47. The molecule has 1 atom stereocenters. The number of piperidine rings is 1. The maximum absolute atomic E-state index is 12.0. The SMILES string of the molecule is O=C(O)CN1CCN(c2cc([C@H]3CCC(=O)NC3=O)ccn2)CC1. The van der Waals surface area contributed by atoms with Crippen molar-refractivity contribution in [3.8, 4) is 0 Å². The number of carboxylic acid groups (broad SMARTS) is 1. The predicted octanol–water partition coefficient (Wildman–Crippen LogP) is -0.192. The maximum atomic E-state index is 12.0. The average Bonchev–Trinajstić information content (AvgIpc) is 2.55. The highest BCUT2D eigenvalue weighted by Gasteiger charge is 2.28. The zero-order valence-corrected chi connectivity index (χ0v) is 13.3. The van der Waals surface area contributed by atoms with Crippen LogP contribution in [0.1, 0.15) is 24.3 Å². The average molecular weight is 332 g/mol. The summed E-state index contributed by atoms with van der Waals surface area (Å²) in [6.07, 6.45) is 2.54. The summed E-state index contributed by atoms with van der Waals surface area (Å²) >= 11 is 0. The molecule has 1 aromatic heterocycles. The molecule has 2 amide bonds. The van der Waals surface area contributed by atoms with Gasteiger partial charge in [0.1, 0.15) is 5.82 Å². The number of hydrogen-bond acceptors (Lipinski definition) is 6. The molecule has 24 heavy (non-hydrogen) atoms. The number of carbonyl (C=O) groups is 3. The number of aromatic nitrogens is 1. The number of rotatable bonds is 4. The molecule has 0 bridgehead atoms. The van der Waals surface area contributed by atoms with E-state index in [0.29, 0.717) is 39.0 Å². The van der Waals surface area contributed by atoms with E-state index in [2.05, 4.69) is 15.2 Å². The minimum absolute atomic E-state index is 0.0532. The lowest BCUT2D eigenvalue weighted by Crippen LogP contribution is -2.48. The molecule has 2 fully saturated rings. The fourth-order valence-electron chi connectivity index (χ4n) is 3.16. The Morgan fingerprint density at radius 3 is 2.71 bits per heavy atom. The largest absolute Gasteiger partial charge is 0.480 e. The molecule has 3 heterocycles. The van der Waals surface area contributed by atoms with Gasteiger partial charge in [0.05, 0.1) is 12.5 Å². The van der Waals surface area contributed by atoms with Gasteiger partial charge in [-0.2, -0.15) is 0 Å². The normalized spacial score (nSPS) is 22.3. The fraction of sp³-hybridized carbons (Fsp3) is 0.500. The van der Waals surface area contributed by atoms with E-state index in [-0.39, 0.29) is 24.3 Å². The van der Waals surface area contributed by atoms with Gasteiger partial charge in [0.15, 0.2) is 0 Å². The molecule has 0 aliphatic carbocycles. The number of carbonyl (C=O) groups excluding carboxylic acids is 2. The molecule has 2 aliphatic rings. The van der Waals surface area contributed by atoms with Gasteiger partial charge in [0, 0.05) is 38.8 Å². The first-order valence-electron chi connectivity index (χ1n) is 8.01. The number of pyridine rings is 1. The zero-order valence-electron chi connectivity index (χ0n) is 13.3. The highest BCUT2D eigenvalue weighted by molar-refractivity contribution is 6.00. The van der Waals surface area contributed by atoms with Gasteiger partial charge in [0.25, 0.3) is 0 Å². The maximum Gasteiger partial charge on any atom is 0.317 e. The van der Waals surface area contributed by atoms with Gasteiger partial charge in [-0.15, -0.1) is 0 Å².